The Labute approximate surface area is 120 Å². The number of rotatable bonds is 7. The van der Waals surface area contributed by atoms with Crippen LogP contribution in [0.5, 0.6) is 0 Å². The van der Waals surface area contributed by atoms with E-state index in [4.69, 9.17) is 0 Å². The fourth-order valence-electron chi connectivity index (χ4n) is 4.47. The summed E-state index contributed by atoms with van der Waals surface area (Å²) < 4.78 is 0. The molecule has 1 unspecified atom stereocenters. The van der Waals surface area contributed by atoms with Gasteiger partial charge in [-0.15, -0.1) is 0 Å². The molecule has 19 heavy (non-hydrogen) atoms. The van der Waals surface area contributed by atoms with Gasteiger partial charge in [0.05, 0.1) is 0 Å². The lowest BCUT2D eigenvalue weighted by atomic mass is 9.71. The molecule has 0 radical (unpaired) electrons. The van der Waals surface area contributed by atoms with Crippen LogP contribution < -0.4 is 5.32 Å². The summed E-state index contributed by atoms with van der Waals surface area (Å²) in [4.78, 5) is 0. The van der Waals surface area contributed by atoms with E-state index in [0.717, 1.165) is 17.5 Å². The number of hydrogen-bond donors (Lipinski definition) is 1. The van der Waals surface area contributed by atoms with Crippen LogP contribution in [0, 0.1) is 5.41 Å². The van der Waals surface area contributed by atoms with E-state index in [1.165, 1.54) is 83.5 Å². The molecule has 0 aromatic carbocycles. The zero-order valence-corrected chi connectivity index (χ0v) is 13.3. The molecule has 1 N–H and O–H groups in total. The van der Waals surface area contributed by atoms with Crippen molar-refractivity contribution >= 4 is 0 Å². The van der Waals surface area contributed by atoms with Gasteiger partial charge in [-0.05, 0) is 56.8 Å². The summed E-state index contributed by atoms with van der Waals surface area (Å²) in [7, 11) is 0. The van der Waals surface area contributed by atoms with Gasteiger partial charge in [-0.2, -0.15) is 0 Å². The van der Waals surface area contributed by atoms with Gasteiger partial charge < -0.3 is 5.32 Å². The van der Waals surface area contributed by atoms with Crippen LogP contribution in [0.3, 0.4) is 0 Å². The van der Waals surface area contributed by atoms with Gasteiger partial charge in [-0.1, -0.05) is 46.0 Å². The normalized spacial score (nSPS) is 24.9. The fraction of sp³-hybridized carbons (Fsp3) is 1.00. The summed E-state index contributed by atoms with van der Waals surface area (Å²) in [6, 6.07) is 1.63. The van der Waals surface area contributed by atoms with Crippen molar-refractivity contribution < 1.29 is 0 Å². The third kappa shape index (κ3) is 4.48. The van der Waals surface area contributed by atoms with Crippen LogP contribution in [0.4, 0.5) is 0 Å². The SMILES string of the molecule is CCCCC(CCC)NC1CCC2(CCCC2)CC1. The summed E-state index contributed by atoms with van der Waals surface area (Å²) in [5.41, 5.74) is 0.794. The summed E-state index contributed by atoms with van der Waals surface area (Å²) >= 11 is 0. The maximum Gasteiger partial charge on any atom is 0.00700 e. The highest BCUT2D eigenvalue weighted by molar-refractivity contribution is 4.92. The van der Waals surface area contributed by atoms with Crippen molar-refractivity contribution in [3.63, 3.8) is 0 Å². The third-order valence-corrected chi connectivity index (χ3v) is 5.73. The molecular formula is C18H35N. The Morgan fingerprint density at radius 2 is 1.63 bits per heavy atom. The predicted molar refractivity (Wildman–Crippen MR) is 84.5 cm³/mol. The second kappa shape index (κ2) is 7.67. The molecule has 0 bridgehead atoms. The first-order valence-corrected chi connectivity index (χ1v) is 9.04. The van der Waals surface area contributed by atoms with Gasteiger partial charge >= 0.3 is 0 Å². The van der Waals surface area contributed by atoms with Crippen molar-refractivity contribution in [2.45, 2.75) is 109 Å². The minimum absolute atomic E-state index is 0.794. The molecule has 2 aliphatic rings. The Kier molecular flexibility index (Phi) is 6.19. The highest BCUT2D eigenvalue weighted by atomic mass is 14.9. The predicted octanol–water partition coefficient (Wildman–Crippen LogP) is 5.44. The largest absolute Gasteiger partial charge is 0.311 e. The molecular weight excluding hydrogens is 230 g/mol. The molecule has 0 heterocycles. The van der Waals surface area contributed by atoms with Gasteiger partial charge in [0.2, 0.25) is 0 Å². The highest BCUT2D eigenvalue weighted by Crippen LogP contribution is 2.48. The van der Waals surface area contributed by atoms with Crippen LogP contribution in [0.15, 0.2) is 0 Å². The zero-order valence-electron chi connectivity index (χ0n) is 13.3. The van der Waals surface area contributed by atoms with Crippen LogP contribution in [-0.2, 0) is 0 Å². The van der Waals surface area contributed by atoms with E-state index in [1.54, 1.807) is 0 Å². The molecule has 0 saturated heterocycles. The maximum absolute atomic E-state index is 4.00. The van der Waals surface area contributed by atoms with E-state index in [0.29, 0.717) is 0 Å². The quantitative estimate of drug-likeness (QED) is 0.646. The number of hydrogen-bond acceptors (Lipinski definition) is 1. The van der Waals surface area contributed by atoms with E-state index >= 15 is 0 Å². The minimum Gasteiger partial charge on any atom is -0.311 e. The first kappa shape index (κ1) is 15.4. The molecule has 1 spiro atoms. The van der Waals surface area contributed by atoms with Gasteiger partial charge in [-0.25, -0.2) is 0 Å². The van der Waals surface area contributed by atoms with E-state index < -0.39 is 0 Å². The first-order valence-electron chi connectivity index (χ1n) is 9.04. The second-order valence-electron chi connectivity index (χ2n) is 7.28. The molecule has 112 valence electrons. The van der Waals surface area contributed by atoms with Crippen LogP contribution >= 0.6 is 0 Å². The monoisotopic (exact) mass is 265 g/mol. The van der Waals surface area contributed by atoms with Crippen LogP contribution in [0.1, 0.15) is 97.3 Å². The van der Waals surface area contributed by atoms with Crippen LogP contribution in [0.25, 0.3) is 0 Å². The Morgan fingerprint density at radius 1 is 0.947 bits per heavy atom. The average Bonchev–Trinajstić information content (AvgIpc) is 2.88. The number of nitrogens with one attached hydrogen (secondary N) is 1. The molecule has 0 aromatic rings. The van der Waals surface area contributed by atoms with Gasteiger partial charge in [0.1, 0.15) is 0 Å². The van der Waals surface area contributed by atoms with Crippen molar-refractivity contribution in [3.05, 3.63) is 0 Å². The first-order chi connectivity index (χ1) is 9.28. The fourth-order valence-corrected chi connectivity index (χ4v) is 4.47. The molecule has 2 rings (SSSR count). The van der Waals surface area contributed by atoms with Gasteiger partial charge in [0, 0.05) is 12.1 Å². The topological polar surface area (TPSA) is 12.0 Å². The zero-order chi connectivity index (χ0) is 13.6. The van der Waals surface area contributed by atoms with E-state index in [-0.39, 0.29) is 0 Å². The molecule has 2 fully saturated rings. The van der Waals surface area contributed by atoms with E-state index in [9.17, 15) is 0 Å². The van der Waals surface area contributed by atoms with Crippen molar-refractivity contribution in [2.24, 2.45) is 5.41 Å². The van der Waals surface area contributed by atoms with E-state index in [2.05, 4.69) is 19.2 Å². The third-order valence-electron chi connectivity index (χ3n) is 5.73. The molecule has 0 amide bonds. The Morgan fingerprint density at radius 3 is 2.21 bits per heavy atom. The minimum atomic E-state index is 0.794. The second-order valence-corrected chi connectivity index (χ2v) is 7.28. The van der Waals surface area contributed by atoms with Crippen molar-refractivity contribution in [1.82, 2.24) is 5.32 Å². The van der Waals surface area contributed by atoms with E-state index in [1.807, 2.05) is 0 Å². The molecule has 2 aliphatic carbocycles. The van der Waals surface area contributed by atoms with Crippen LogP contribution in [-0.4, -0.2) is 12.1 Å². The molecule has 1 atom stereocenters. The molecule has 0 aliphatic heterocycles. The summed E-state index contributed by atoms with van der Waals surface area (Å²) in [5.74, 6) is 0. The molecule has 1 nitrogen and oxygen atoms in total. The summed E-state index contributed by atoms with van der Waals surface area (Å²) in [6.07, 6.45) is 18.9. The summed E-state index contributed by atoms with van der Waals surface area (Å²) in [6.45, 7) is 4.64. The molecule has 1 heteroatoms. The van der Waals surface area contributed by atoms with Gasteiger partial charge in [0.25, 0.3) is 0 Å². The average molecular weight is 265 g/mol. The lowest BCUT2D eigenvalue weighted by Gasteiger charge is -2.39. The van der Waals surface area contributed by atoms with Crippen molar-refractivity contribution in [2.75, 3.05) is 0 Å². The number of unbranched alkanes of at least 4 members (excludes halogenated alkanes) is 1. The standard InChI is InChI=1S/C18H35N/c1-3-5-9-16(8-4-2)19-17-10-14-18(15-11-17)12-6-7-13-18/h16-17,19H,3-15H2,1-2H3. The highest BCUT2D eigenvalue weighted by Gasteiger charge is 2.37. The van der Waals surface area contributed by atoms with Gasteiger partial charge in [-0.3, -0.25) is 0 Å². The molecule has 2 saturated carbocycles. The smallest absolute Gasteiger partial charge is 0.00700 e. The van der Waals surface area contributed by atoms with Crippen molar-refractivity contribution in [3.8, 4) is 0 Å². The Bertz CT molecular complexity index is 232. The van der Waals surface area contributed by atoms with Gasteiger partial charge in [0.15, 0.2) is 0 Å². The Hall–Kier alpha value is -0.0400. The molecule has 0 aromatic heterocycles. The lowest BCUT2D eigenvalue weighted by molar-refractivity contribution is 0.160. The Balaban J connectivity index is 1.73. The van der Waals surface area contributed by atoms with Crippen molar-refractivity contribution in [1.29, 1.82) is 0 Å². The lowest BCUT2D eigenvalue weighted by Crippen LogP contribution is -2.42. The summed E-state index contributed by atoms with van der Waals surface area (Å²) in [5, 5.41) is 4.00. The maximum atomic E-state index is 4.00. The van der Waals surface area contributed by atoms with Crippen LogP contribution in [0.2, 0.25) is 0 Å².